The van der Waals surface area contributed by atoms with Crippen LogP contribution in [0.5, 0.6) is 5.75 Å². The SMILES string of the molecule is CCCOc1ccc(CNC(=O)C(N)C2CCOCC2)cc1.Cl. The third-order valence-electron chi connectivity index (χ3n) is 3.94. The summed E-state index contributed by atoms with van der Waals surface area (Å²) >= 11 is 0. The minimum atomic E-state index is -0.448. The van der Waals surface area contributed by atoms with Gasteiger partial charge in [0.05, 0.1) is 12.6 Å². The second kappa shape index (κ2) is 10.5. The number of hydrogen-bond donors (Lipinski definition) is 2. The van der Waals surface area contributed by atoms with Crippen molar-refractivity contribution in [1.82, 2.24) is 5.32 Å². The average molecular weight is 343 g/mol. The van der Waals surface area contributed by atoms with E-state index >= 15 is 0 Å². The first-order valence-electron chi connectivity index (χ1n) is 8.03. The van der Waals surface area contributed by atoms with Gasteiger partial charge in [-0.3, -0.25) is 4.79 Å². The zero-order valence-electron chi connectivity index (χ0n) is 13.6. The molecule has 0 bridgehead atoms. The molecule has 1 aliphatic heterocycles. The molecule has 2 rings (SSSR count). The quantitative estimate of drug-likeness (QED) is 0.797. The number of amides is 1. The first kappa shape index (κ1) is 19.7. The Hall–Kier alpha value is -1.30. The highest BCUT2D eigenvalue weighted by Crippen LogP contribution is 2.18. The van der Waals surface area contributed by atoms with Gasteiger partial charge >= 0.3 is 0 Å². The van der Waals surface area contributed by atoms with E-state index in [1.165, 1.54) is 0 Å². The van der Waals surface area contributed by atoms with E-state index in [0.29, 0.717) is 19.8 Å². The first-order valence-corrected chi connectivity index (χ1v) is 8.03. The van der Waals surface area contributed by atoms with Gasteiger partial charge in [-0.15, -0.1) is 12.4 Å². The second-order valence-electron chi connectivity index (χ2n) is 5.69. The molecule has 1 aromatic rings. The molecule has 0 saturated carbocycles. The number of carbonyl (C=O) groups is 1. The van der Waals surface area contributed by atoms with Crippen molar-refractivity contribution in [2.45, 2.75) is 38.8 Å². The number of benzene rings is 1. The molecule has 5 nitrogen and oxygen atoms in total. The van der Waals surface area contributed by atoms with Gasteiger partial charge in [0.1, 0.15) is 5.75 Å². The Morgan fingerprint density at radius 2 is 2.00 bits per heavy atom. The van der Waals surface area contributed by atoms with Crippen LogP contribution < -0.4 is 15.8 Å². The Balaban J connectivity index is 0.00000264. The van der Waals surface area contributed by atoms with Gasteiger partial charge in [-0.1, -0.05) is 19.1 Å². The van der Waals surface area contributed by atoms with E-state index in [2.05, 4.69) is 12.2 Å². The van der Waals surface area contributed by atoms with Gasteiger partial charge in [0.15, 0.2) is 0 Å². The maximum atomic E-state index is 12.1. The van der Waals surface area contributed by atoms with E-state index in [0.717, 1.165) is 37.2 Å². The Morgan fingerprint density at radius 1 is 1.35 bits per heavy atom. The molecule has 6 heteroatoms. The van der Waals surface area contributed by atoms with E-state index in [4.69, 9.17) is 15.2 Å². The fourth-order valence-corrected chi connectivity index (χ4v) is 2.52. The molecule has 130 valence electrons. The molecule has 0 radical (unpaired) electrons. The molecular formula is C17H27ClN2O3. The van der Waals surface area contributed by atoms with Gasteiger partial charge in [0, 0.05) is 19.8 Å². The lowest BCUT2D eigenvalue weighted by Crippen LogP contribution is -2.46. The Kier molecular flexibility index (Phi) is 8.99. The van der Waals surface area contributed by atoms with Crippen molar-refractivity contribution in [3.63, 3.8) is 0 Å². The average Bonchev–Trinajstić information content (AvgIpc) is 2.58. The molecule has 1 aromatic carbocycles. The van der Waals surface area contributed by atoms with Crippen LogP contribution in [0.2, 0.25) is 0 Å². The molecule has 1 atom stereocenters. The summed E-state index contributed by atoms with van der Waals surface area (Å²) in [5, 5.41) is 2.91. The molecule has 0 aliphatic carbocycles. The summed E-state index contributed by atoms with van der Waals surface area (Å²) in [6, 6.07) is 7.33. The van der Waals surface area contributed by atoms with Crippen LogP contribution in [0.3, 0.4) is 0 Å². The van der Waals surface area contributed by atoms with Crippen molar-refractivity contribution in [2.75, 3.05) is 19.8 Å². The second-order valence-corrected chi connectivity index (χ2v) is 5.69. The molecule has 0 spiro atoms. The highest BCUT2D eigenvalue weighted by Gasteiger charge is 2.26. The molecular weight excluding hydrogens is 316 g/mol. The molecule has 1 saturated heterocycles. The van der Waals surface area contributed by atoms with Gasteiger partial charge in [-0.05, 0) is 42.9 Å². The standard InChI is InChI=1S/C17H26N2O3.ClH/c1-2-9-22-15-5-3-13(4-6-15)12-19-17(20)16(18)14-7-10-21-11-8-14;/h3-6,14,16H,2,7-12,18H2,1H3,(H,19,20);1H. The normalized spacial score (nSPS) is 16.3. The number of hydrogen-bond acceptors (Lipinski definition) is 4. The van der Waals surface area contributed by atoms with Gasteiger partial charge in [0.2, 0.25) is 5.91 Å². The zero-order valence-corrected chi connectivity index (χ0v) is 14.4. The minimum Gasteiger partial charge on any atom is -0.494 e. The number of nitrogens with two attached hydrogens (primary N) is 1. The molecule has 23 heavy (non-hydrogen) atoms. The Morgan fingerprint density at radius 3 is 2.61 bits per heavy atom. The Labute approximate surface area is 144 Å². The molecule has 1 heterocycles. The number of ether oxygens (including phenoxy) is 2. The van der Waals surface area contributed by atoms with Gasteiger partial charge in [-0.25, -0.2) is 0 Å². The van der Waals surface area contributed by atoms with Crippen LogP contribution >= 0.6 is 12.4 Å². The van der Waals surface area contributed by atoms with Crippen LogP contribution in [-0.4, -0.2) is 31.8 Å². The largest absolute Gasteiger partial charge is 0.494 e. The van der Waals surface area contributed by atoms with Crippen molar-refractivity contribution >= 4 is 18.3 Å². The lowest BCUT2D eigenvalue weighted by molar-refractivity contribution is -0.124. The first-order chi connectivity index (χ1) is 10.7. The summed E-state index contributed by atoms with van der Waals surface area (Å²) in [6.45, 7) is 4.68. The van der Waals surface area contributed by atoms with Crippen molar-refractivity contribution in [3.8, 4) is 5.75 Å². The van der Waals surface area contributed by atoms with Crippen molar-refractivity contribution in [1.29, 1.82) is 0 Å². The third kappa shape index (κ3) is 6.37. The van der Waals surface area contributed by atoms with Crippen molar-refractivity contribution < 1.29 is 14.3 Å². The number of rotatable bonds is 7. The lowest BCUT2D eigenvalue weighted by Gasteiger charge is -2.26. The summed E-state index contributed by atoms with van der Waals surface area (Å²) in [7, 11) is 0. The van der Waals surface area contributed by atoms with Crippen LogP contribution in [0.1, 0.15) is 31.7 Å². The number of carbonyl (C=O) groups excluding carboxylic acids is 1. The molecule has 1 aliphatic rings. The topological polar surface area (TPSA) is 73.6 Å². The van der Waals surface area contributed by atoms with Crippen LogP contribution in [0.25, 0.3) is 0 Å². The van der Waals surface area contributed by atoms with Crippen molar-refractivity contribution in [2.24, 2.45) is 11.7 Å². The molecule has 0 aromatic heterocycles. The molecule has 1 amide bonds. The summed E-state index contributed by atoms with van der Waals surface area (Å²) in [6.07, 6.45) is 2.71. The molecule has 1 unspecified atom stereocenters. The van der Waals surface area contributed by atoms with Crippen LogP contribution in [0.15, 0.2) is 24.3 Å². The highest BCUT2D eigenvalue weighted by molar-refractivity contribution is 5.85. The summed E-state index contributed by atoms with van der Waals surface area (Å²) in [5.41, 5.74) is 7.09. The predicted octanol–water partition coefficient (Wildman–Crippen LogP) is 2.27. The number of halogens is 1. The smallest absolute Gasteiger partial charge is 0.237 e. The van der Waals surface area contributed by atoms with E-state index in [1.54, 1.807) is 0 Å². The highest BCUT2D eigenvalue weighted by atomic mass is 35.5. The van der Waals surface area contributed by atoms with Crippen LogP contribution in [0, 0.1) is 5.92 Å². The van der Waals surface area contributed by atoms with Gasteiger partial charge in [-0.2, -0.15) is 0 Å². The maximum Gasteiger partial charge on any atom is 0.237 e. The zero-order chi connectivity index (χ0) is 15.8. The van der Waals surface area contributed by atoms with Gasteiger partial charge < -0.3 is 20.5 Å². The van der Waals surface area contributed by atoms with Crippen molar-refractivity contribution in [3.05, 3.63) is 29.8 Å². The third-order valence-corrected chi connectivity index (χ3v) is 3.94. The Bertz CT molecular complexity index is 461. The van der Waals surface area contributed by atoms with Crippen LogP contribution in [0.4, 0.5) is 0 Å². The fourth-order valence-electron chi connectivity index (χ4n) is 2.52. The maximum absolute atomic E-state index is 12.1. The molecule has 1 fully saturated rings. The summed E-state index contributed by atoms with van der Waals surface area (Å²) in [5.74, 6) is 0.993. The summed E-state index contributed by atoms with van der Waals surface area (Å²) in [4.78, 5) is 12.1. The predicted molar refractivity (Wildman–Crippen MR) is 92.8 cm³/mol. The minimum absolute atomic E-state index is 0. The van der Waals surface area contributed by atoms with Crippen LogP contribution in [-0.2, 0) is 16.1 Å². The monoisotopic (exact) mass is 342 g/mol. The van der Waals surface area contributed by atoms with E-state index in [-0.39, 0.29) is 24.2 Å². The lowest BCUT2D eigenvalue weighted by atomic mass is 9.92. The molecule has 3 N–H and O–H groups in total. The number of nitrogens with one attached hydrogen (secondary N) is 1. The van der Waals surface area contributed by atoms with E-state index in [9.17, 15) is 4.79 Å². The fraction of sp³-hybridized carbons (Fsp3) is 0.588. The van der Waals surface area contributed by atoms with E-state index < -0.39 is 6.04 Å². The summed E-state index contributed by atoms with van der Waals surface area (Å²) < 4.78 is 10.8. The van der Waals surface area contributed by atoms with Gasteiger partial charge in [0.25, 0.3) is 0 Å². The van der Waals surface area contributed by atoms with E-state index in [1.807, 2.05) is 24.3 Å².